The number of carboxylic acids is 1. The van der Waals surface area contributed by atoms with Gasteiger partial charge in [0.2, 0.25) is 0 Å². The van der Waals surface area contributed by atoms with Crippen LogP contribution < -0.4 is 5.32 Å². The average Bonchev–Trinajstić information content (AvgIpc) is 3.42. The average molecular weight is 441 g/mol. The van der Waals surface area contributed by atoms with Crippen LogP contribution in [0.2, 0.25) is 0 Å². The van der Waals surface area contributed by atoms with Crippen molar-refractivity contribution in [2.24, 2.45) is 0 Å². The van der Waals surface area contributed by atoms with Gasteiger partial charge in [-0.15, -0.1) is 0 Å². The van der Waals surface area contributed by atoms with E-state index in [1.807, 2.05) is 12.1 Å². The van der Waals surface area contributed by atoms with Crippen molar-refractivity contribution < 1.29 is 28.6 Å². The van der Waals surface area contributed by atoms with Crippen LogP contribution >= 0.6 is 0 Å². The fourth-order valence-corrected chi connectivity index (χ4v) is 4.43. The number of rotatable bonds is 4. The third-order valence-electron chi connectivity index (χ3n) is 5.98. The minimum atomic E-state index is -1.02. The Labute approximate surface area is 189 Å². The van der Waals surface area contributed by atoms with Gasteiger partial charge in [0.05, 0.1) is 29.9 Å². The number of carboxylic acid groups (broad SMARTS) is 1. The molecule has 2 N–H and O–H groups in total. The maximum Gasteiger partial charge on any atom is 0.336 e. The number of aromatic carboxylic acids is 1. The molecule has 7 heteroatoms. The molecular formula is C26H19NO6. The van der Waals surface area contributed by atoms with E-state index in [2.05, 4.69) is 5.32 Å². The van der Waals surface area contributed by atoms with Crippen LogP contribution in [0.15, 0.2) is 81.9 Å². The van der Waals surface area contributed by atoms with Crippen LogP contribution in [-0.2, 0) is 9.53 Å². The lowest BCUT2D eigenvalue weighted by Crippen LogP contribution is -2.28. The number of benzene rings is 2. The highest BCUT2D eigenvalue weighted by Gasteiger charge is 2.44. The van der Waals surface area contributed by atoms with E-state index in [4.69, 9.17) is 14.3 Å². The minimum absolute atomic E-state index is 0.166. The monoisotopic (exact) mass is 441 g/mol. The predicted octanol–water partition coefficient (Wildman–Crippen LogP) is 4.39. The molecule has 2 aliphatic rings. The summed E-state index contributed by atoms with van der Waals surface area (Å²) in [5.41, 5.74) is 4.17. The third-order valence-corrected chi connectivity index (χ3v) is 5.98. The van der Waals surface area contributed by atoms with Crippen LogP contribution in [0.25, 0.3) is 17.0 Å². The minimum Gasteiger partial charge on any atom is -0.478 e. The summed E-state index contributed by atoms with van der Waals surface area (Å²) in [6.45, 7) is 1.77. The number of carbonyl (C=O) groups is 3. The van der Waals surface area contributed by atoms with E-state index in [0.29, 0.717) is 45.2 Å². The molecule has 1 aliphatic carbocycles. The van der Waals surface area contributed by atoms with Gasteiger partial charge in [0.1, 0.15) is 11.5 Å². The first kappa shape index (κ1) is 20.5. The van der Waals surface area contributed by atoms with Gasteiger partial charge in [0.25, 0.3) is 0 Å². The summed E-state index contributed by atoms with van der Waals surface area (Å²) < 4.78 is 11.2. The molecule has 1 atom stereocenters. The van der Waals surface area contributed by atoms with Gasteiger partial charge in [0.15, 0.2) is 5.78 Å². The second-order valence-corrected chi connectivity index (χ2v) is 7.84. The summed E-state index contributed by atoms with van der Waals surface area (Å²) in [6, 6.07) is 17.1. The standard InChI is InChI=1S/C26H19NO6/c1-13-20(26(31)32-2)21(22-23(27-13)16-5-3-4-6-17(16)24(22)28)19-12-11-18(33-19)14-7-9-15(10-8-14)25(29)30/h3-12,21,27H,1-2H3,(H,29,30)/t21-/m0/s1. The third kappa shape index (κ3) is 3.17. The highest BCUT2D eigenvalue weighted by Crippen LogP contribution is 2.47. The summed E-state index contributed by atoms with van der Waals surface area (Å²) >= 11 is 0. The topological polar surface area (TPSA) is 106 Å². The van der Waals surface area contributed by atoms with Crippen molar-refractivity contribution in [3.05, 3.63) is 100.0 Å². The Kier molecular flexibility index (Phi) is 4.74. The summed E-state index contributed by atoms with van der Waals surface area (Å²) in [5, 5.41) is 12.3. The van der Waals surface area contributed by atoms with Crippen molar-refractivity contribution in [1.82, 2.24) is 5.32 Å². The van der Waals surface area contributed by atoms with Crippen molar-refractivity contribution >= 4 is 23.4 Å². The number of fused-ring (bicyclic) bond motifs is 2. The van der Waals surface area contributed by atoms with E-state index >= 15 is 0 Å². The lowest BCUT2D eigenvalue weighted by atomic mass is 9.83. The second-order valence-electron chi connectivity index (χ2n) is 7.84. The lowest BCUT2D eigenvalue weighted by molar-refractivity contribution is -0.136. The number of esters is 1. The number of allylic oxidation sites excluding steroid dienone is 2. The van der Waals surface area contributed by atoms with Crippen LogP contribution in [0.5, 0.6) is 0 Å². The molecule has 7 nitrogen and oxygen atoms in total. The molecule has 5 rings (SSSR count). The molecule has 0 saturated heterocycles. The van der Waals surface area contributed by atoms with Crippen molar-refractivity contribution in [1.29, 1.82) is 0 Å². The number of methoxy groups -OCH3 is 1. The fraction of sp³-hybridized carbons (Fsp3) is 0.115. The molecule has 1 aromatic heterocycles. The molecule has 0 unspecified atom stereocenters. The summed E-state index contributed by atoms with van der Waals surface area (Å²) in [6.07, 6.45) is 0. The molecule has 2 aromatic carbocycles. The molecule has 3 aromatic rings. The predicted molar refractivity (Wildman–Crippen MR) is 119 cm³/mol. The van der Waals surface area contributed by atoms with Gasteiger partial charge in [-0.1, -0.05) is 36.4 Å². The van der Waals surface area contributed by atoms with Crippen molar-refractivity contribution in [3.63, 3.8) is 0 Å². The molecular weight excluding hydrogens is 422 g/mol. The van der Waals surface area contributed by atoms with Gasteiger partial charge < -0.3 is 19.6 Å². The van der Waals surface area contributed by atoms with Crippen molar-refractivity contribution in [3.8, 4) is 11.3 Å². The van der Waals surface area contributed by atoms with Crippen LogP contribution in [-0.4, -0.2) is 29.9 Å². The van der Waals surface area contributed by atoms with Gasteiger partial charge in [-0.05, 0) is 31.2 Å². The Bertz CT molecular complexity index is 1390. The quantitative estimate of drug-likeness (QED) is 0.579. The number of dihydropyridines is 1. The van der Waals surface area contributed by atoms with E-state index in [0.717, 1.165) is 5.56 Å². The van der Waals surface area contributed by atoms with E-state index in [-0.39, 0.29) is 11.3 Å². The van der Waals surface area contributed by atoms with Gasteiger partial charge in [-0.2, -0.15) is 0 Å². The highest BCUT2D eigenvalue weighted by molar-refractivity contribution is 6.23. The molecule has 2 heterocycles. The summed E-state index contributed by atoms with van der Waals surface area (Å²) in [5.74, 6) is -1.58. The van der Waals surface area contributed by atoms with E-state index in [9.17, 15) is 14.4 Å². The Balaban J connectivity index is 1.63. The van der Waals surface area contributed by atoms with Gasteiger partial charge in [-0.25, -0.2) is 9.59 Å². The number of hydrogen-bond acceptors (Lipinski definition) is 6. The summed E-state index contributed by atoms with van der Waals surface area (Å²) in [4.78, 5) is 37.3. The number of carbonyl (C=O) groups excluding carboxylic acids is 2. The largest absolute Gasteiger partial charge is 0.478 e. The number of furan rings is 1. The SMILES string of the molecule is COC(=O)C1=C(C)NC2=C(C(=O)c3ccccc32)[C@H]1c1ccc(-c2ccc(C(=O)O)cc2)o1. The molecule has 0 amide bonds. The van der Waals surface area contributed by atoms with Crippen LogP contribution in [0.4, 0.5) is 0 Å². The zero-order chi connectivity index (χ0) is 23.3. The van der Waals surface area contributed by atoms with Crippen molar-refractivity contribution in [2.75, 3.05) is 7.11 Å². The Hall–Kier alpha value is -4.39. The zero-order valence-corrected chi connectivity index (χ0v) is 17.8. The van der Waals surface area contributed by atoms with Crippen LogP contribution in [0, 0.1) is 0 Å². The van der Waals surface area contributed by atoms with E-state index < -0.39 is 17.9 Å². The molecule has 164 valence electrons. The number of Topliss-reactive ketones (excluding diaryl/α,β-unsaturated/α-hetero) is 1. The van der Waals surface area contributed by atoms with Crippen molar-refractivity contribution in [2.45, 2.75) is 12.8 Å². The zero-order valence-electron chi connectivity index (χ0n) is 17.8. The smallest absolute Gasteiger partial charge is 0.336 e. The fourth-order valence-electron chi connectivity index (χ4n) is 4.43. The molecule has 0 radical (unpaired) electrons. The van der Waals surface area contributed by atoms with Crippen LogP contribution in [0.1, 0.15) is 44.9 Å². The van der Waals surface area contributed by atoms with Gasteiger partial charge >= 0.3 is 11.9 Å². The maximum absolute atomic E-state index is 13.4. The number of nitrogens with one attached hydrogen (secondary N) is 1. The van der Waals surface area contributed by atoms with Gasteiger partial charge in [0, 0.05) is 28.0 Å². The first-order chi connectivity index (χ1) is 15.9. The van der Waals surface area contributed by atoms with E-state index in [1.165, 1.54) is 19.2 Å². The van der Waals surface area contributed by atoms with E-state index in [1.54, 1.807) is 43.3 Å². The normalized spacial score (nSPS) is 16.9. The Morgan fingerprint density at radius 2 is 1.70 bits per heavy atom. The first-order valence-corrected chi connectivity index (χ1v) is 10.3. The molecule has 33 heavy (non-hydrogen) atoms. The highest BCUT2D eigenvalue weighted by atomic mass is 16.5. The lowest BCUT2D eigenvalue weighted by Gasteiger charge is -2.27. The van der Waals surface area contributed by atoms with Crippen LogP contribution in [0.3, 0.4) is 0 Å². The number of ether oxygens (including phenoxy) is 1. The maximum atomic E-state index is 13.4. The molecule has 1 aliphatic heterocycles. The molecule has 0 saturated carbocycles. The Morgan fingerprint density at radius 3 is 2.36 bits per heavy atom. The number of ketones is 1. The first-order valence-electron chi connectivity index (χ1n) is 10.3. The number of hydrogen-bond donors (Lipinski definition) is 2. The summed E-state index contributed by atoms with van der Waals surface area (Å²) in [7, 11) is 1.30. The van der Waals surface area contributed by atoms with Gasteiger partial charge in [-0.3, -0.25) is 4.79 Å². The molecule has 0 spiro atoms. The Morgan fingerprint density at radius 1 is 1.00 bits per heavy atom. The second kappa shape index (κ2) is 7.63. The molecule has 0 bridgehead atoms. The molecule has 0 fully saturated rings.